The number of carbonyl (C=O) groups excluding carboxylic acids is 1. The van der Waals surface area contributed by atoms with Crippen LogP contribution in [-0.4, -0.2) is 30.7 Å². The summed E-state index contributed by atoms with van der Waals surface area (Å²) in [7, 11) is -3.77. The van der Waals surface area contributed by atoms with E-state index in [2.05, 4.69) is 0 Å². The zero-order valence-corrected chi connectivity index (χ0v) is 12.9. The molecule has 1 aliphatic carbocycles. The van der Waals surface area contributed by atoms with Crippen molar-refractivity contribution in [2.45, 2.75) is 32.8 Å². The number of nitrogens with two attached hydrogens (primary N) is 1. The predicted molar refractivity (Wildman–Crippen MR) is 77.0 cm³/mol. The fourth-order valence-corrected chi connectivity index (χ4v) is 2.12. The van der Waals surface area contributed by atoms with E-state index in [4.69, 9.17) is 10.5 Å². The van der Waals surface area contributed by atoms with E-state index in [1.807, 2.05) is 0 Å². The molecule has 112 valence electrons. The third-order valence-electron chi connectivity index (χ3n) is 2.23. The Hall–Kier alpha value is -1.76. The molecule has 0 unspecified atom stereocenters. The highest BCUT2D eigenvalue weighted by Gasteiger charge is 2.27. The minimum atomic E-state index is -3.77. The summed E-state index contributed by atoms with van der Waals surface area (Å²) in [5.41, 5.74) is 5.97. The molecule has 0 aromatic rings. The van der Waals surface area contributed by atoms with Crippen molar-refractivity contribution in [3.63, 3.8) is 0 Å². The van der Waals surface area contributed by atoms with E-state index in [0.717, 1.165) is 6.26 Å². The van der Waals surface area contributed by atoms with Gasteiger partial charge in [-0.1, -0.05) is 6.08 Å². The van der Waals surface area contributed by atoms with Gasteiger partial charge in [-0.25, -0.2) is 13.2 Å². The molecule has 1 aliphatic rings. The number of nitrogens with zero attached hydrogens (tertiary/aromatic N) is 1. The van der Waals surface area contributed by atoms with E-state index in [1.165, 1.54) is 6.20 Å². The summed E-state index contributed by atoms with van der Waals surface area (Å²) >= 11 is 0. The lowest BCUT2D eigenvalue weighted by Gasteiger charge is -2.24. The van der Waals surface area contributed by atoms with Gasteiger partial charge in [0, 0.05) is 11.9 Å². The molecule has 0 aliphatic heterocycles. The zero-order valence-electron chi connectivity index (χ0n) is 12.1. The topological polar surface area (TPSA) is 89.7 Å². The number of amides is 1. The lowest BCUT2D eigenvalue weighted by atomic mass is 10.1. The molecule has 0 atom stereocenters. The quantitative estimate of drug-likeness (QED) is 0.840. The van der Waals surface area contributed by atoms with Crippen molar-refractivity contribution in [2.75, 3.05) is 6.26 Å². The van der Waals surface area contributed by atoms with Gasteiger partial charge in [0.1, 0.15) is 5.60 Å². The Labute approximate surface area is 119 Å². The summed E-state index contributed by atoms with van der Waals surface area (Å²) in [6.07, 6.45) is 6.86. The highest BCUT2D eigenvalue weighted by atomic mass is 32.2. The standard InChI is InChI=1S/C13H20N2O4S/c1-13(2,3)19-12(16)15(20(4,17)18)9-10-6-5-7-11(14)8-10/h5,7-9H,6,14H2,1-4H3. The van der Waals surface area contributed by atoms with Gasteiger partial charge in [-0.15, -0.1) is 0 Å². The first kappa shape index (κ1) is 16.3. The molecule has 0 fully saturated rings. The number of carbonyl (C=O) groups is 1. The zero-order chi connectivity index (χ0) is 15.6. The molecule has 6 nitrogen and oxygen atoms in total. The van der Waals surface area contributed by atoms with Gasteiger partial charge < -0.3 is 10.5 Å². The average Bonchev–Trinajstić information content (AvgIpc) is 2.21. The Bertz CT molecular complexity index is 580. The largest absolute Gasteiger partial charge is 0.443 e. The van der Waals surface area contributed by atoms with Crippen LogP contribution in [-0.2, 0) is 14.8 Å². The summed E-state index contributed by atoms with van der Waals surface area (Å²) < 4.78 is 29.1. The molecule has 7 heteroatoms. The maximum atomic E-state index is 12.0. The molecule has 2 N–H and O–H groups in total. The van der Waals surface area contributed by atoms with Gasteiger partial charge in [0.2, 0.25) is 10.0 Å². The second kappa shape index (κ2) is 5.70. The fourth-order valence-electron chi connectivity index (χ4n) is 1.48. The highest BCUT2D eigenvalue weighted by Crippen LogP contribution is 2.18. The summed E-state index contributed by atoms with van der Waals surface area (Å²) in [5.74, 6) is 0. The van der Waals surface area contributed by atoms with Crippen LogP contribution in [0.15, 0.2) is 35.7 Å². The fraction of sp³-hybridized carbons (Fsp3) is 0.462. The minimum absolute atomic E-state index is 0.496. The minimum Gasteiger partial charge on any atom is -0.443 e. The lowest BCUT2D eigenvalue weighted by molar-refractivity contribution is 0.0443. The van der Waals surface area contributed by atoms with Crippen LogP contribution in [0, 0.1) is 0 Å². The number of allylic oxidation sites excluding steroid dienone is 4. The third kappa shape index (κ3) is 5.08. The normalized spacial score (nSPS) is 17.8. The van der Waals surface area contributed by atoms with Crippen molar-refractivity contribution in [3.05, 3.63) is 35.7 Å². The monoisotopic (exact) mass is 300 g/mol. The average molecular weight is 300 g/mol. The SMILES string of the molecule is CC(C)(C)OC(=O)N(C=C1C=C(N)C=CC1)S(C)(=O)=O. The molecule has 0 saturated heterocycles. The molecule has 0 aromatic carbocycles. The molecule has 0 radical (unpaired) electrons. The van der Waals surface area contributed by atoms with Gasteiger partial charge in [-0.3, -0.25) is 0 Å². The van der Waals surface area contributed by atoms with Crippen molar-refractivity contribution < 1.29 is 17.9 Å². The van der Waals surface area contributed by atoms with E-state index < -0.39 is 21.7 Å². The second-order valence-corrected chi connectivity index (χ2v) is 7.35. The highest BCUT2D eigenvalue weighted by molar-refractivity contribution is 7.89. The van der Waals surface area contributed by atoms with Crippen molar-refractivity contribution in [1.82, 2.24) is 4.31 Å². The van der Waals surface area contributed by atoms with Gasteiger partial charge in [0.15, 0.2) is 0 Å². The number of ether oxygens (including phenoxy) is 1. The maximum Gasteiger partial charge on any atom is 0.428 e. The van der Waals surface area contributed by atoms with Crippen molar-refractivity contribution in [3.8, 4) is 0 Å². The van der Waals surface area contributed by atoms with Gasteiger partial charge in [0.25, 0.3) is 0 Å². The van der Waals surface area contributed by atoms with Crippen LogP contribution >= 0.6 is 0 Å². The number of rotatable bonds is 2. The summed E-state index contributed by atoms with van der Waals surface area (Å²) in [4.78, 5) is 12.0. The maximum absolute atomic E-state index is 12.0. The molecular weight excluding hydrogens is 280 g/mol. The van der Waals surface area contributed by atoms with Crippen LogP contribution < -0.4 is 5.73 Å². The molecule has 0 heterocycles. The van der Waals surface area contributed by atoms with Gasteiger partial charge in [-0.05, 0) is 44.9 Å². The molecule has 1 rings (SSSR count). The Morgan fingerprint density at radius 3 is 2.50 bits per heavy atom. The van der Waals surface area contributed by atoms with Crippen LogP contribution in [0.2, 0.25) is 0 Å². The summed E-state index contributed by atoms with van der Waals surface area (Å²) in [6.45, 7) is 5.00. The molecular formula is C13H20N2O4S. The van der Waals surface area contributed by atoms with E-state index in [0.29, 0.717) is 22.0 Å². The van der Waals surface area contributed by atoms with Crippen LogP contribution in [0.4, 0.5) is 4.79 Å². The van der Waals surface area contributed by atoms with E-state index >= 15 is 0 Å². The van der Waals surface area contributed by atoms with Gasteiger partial charge >= 0.3 is 6.09 Å². The Morgan fingerprint density at radius 1 is 1.45 bits per heavy atom. The Balaban J connectivity index is 3.07. The summed E-state index contributed by atoms with van der Waals surface area (Å²) in [6, 6.07) is 0. The molecule has 0 spiro atoms. The molecule has 0 aromatic heterocycles. The third-order valence-corrected chi connectivity index (χ3v) is 3.20. The van der Waals surface area contributed by atoms with Crippen molar-refractivity contribution >= 4 is 16.1 Å². The number of hydrogen-bond acceptors (Lipinski definition) is 5. The Morgan fingerprint density at radius 2 is 2.05 bits per heavy atom. The number of sulfonamides is 1. The van der Waals surface area contributed by atoms with E-state index in [9.17, 15) is 13.2 Å². The van der Waals surface area contributed by atoms with Crippen LogP contribution in [0.1, 0.15) is 27.2 Å². The van der Waals surface area contributed by atoms with E-state index in [-0.39, 0.29) is 0 Å². The molecule has 20 heavy (non-hydrogen) atoms. The van der Waals surface area contributed by atoms with Crippen LogP contribution in [0.5, 0.6) is 0 Å². The lowest BCUT2D eigenvalue weighted by Crippen LogP contribution is -2.37. The van der Waals surface area contributed by atoms with Crippen LogP contribution in [0.3, 0.4) is 0 Å². The first-order valence-corrected chi connectivity index (χ1v) is 7.91. The molecule has 0 bridgehead atoms. The van der Waals surface area contributed by atoms with Gasteiger partial charge in [0.05, 0.1) is 6.26 Å². The van der Waals surface area contributed by atoms with E-state index in [1.54, 1.807) is 39.0 Å². The van der Waals surface area contributed by atoms with Crippen molar-refractivity contribution in [2.24, 2.45) is 5.73 Å². The molecule has 0 saturated carbocycles. The summed E-state index contributed by atoms with van der Waals surface area (Å²) in [5, 5.41) is 0. The smallest absolute Gasteiger partial charge is 0.428 e. The predicted octanol–water partition coefficient (Wildman–Crippen LogP) is 1.87. The first-order valence-electron chi connectivity index (χ1n) is 6.06. The second-order valence-electron chi connectivity index (χ2n) is 5.49. The van der Waals surface area contributed by atoms with Crippen molar-refractivity contribution in [1.29, 1.82) is 0 Å². The first-order chi connectivity index (χ1) is 8.99. The molecule has 1 amide bonds. The Kier molecular flexibility index (Phi) is 4.65. The van der Waals surface area contributed by atoms with Crippen LogP contribution in [0.25, 0.3) is 0 Å². The van der Waals surface area contributed by atoms with Gasteiger partial charge in [-0.2, -0.15) is 4.31 Å². The number of hydrogen-bond donors (Lipinski definition) is 1.